The number of carbonyl (C=O) groups is 1. The molecule has 2 atom stereocenters. The van der Waals surface area contributed by atoms with Crippen molar-refractivity contribution in [1.29, 1.82) is 0 Å². The first-order chi connectivity index (χ1) is 10.1. The first kappa shape index (κ1) is 16.0. The number of nitrogens with zero attached hydrogens (tertiary/aromatic N) is 1. The molecule has 116 valence electrons. The number of esters is 1. The molecular weight excluding hydrogens is 262 g/mol. The fraction of sp³-hybridized carbons (Fsp3) is 0.611. The van der Waals surface area contributed by atoms with Crippen molar-refractivity contribution in [2.24, 2.45) is 5.92 Å². The van der Waals surface area contributed by atoms with E-state index < -0.39 is 0 Å². The van der Waals surface area contributed by atoms with Gasteiger partial charge in [0.2, 0.25) is 0 Å². The van der Waals surface area contributed by atoms with Crippen LogP contribution in [0.3, 0.4) is 0 Å². The van der Waals surface area contributed by atoms with Gasteiger partial charge in [0.15, 0.2) is 0 Å². The van der Waals surface area contributed by atoms with Crippen molar-refractivity contribution < 1.29 is 9.53 Å². The summed E-state index contributed by atoms with van der Waals surface area (Å²) in [6.45, 7) is 2.10. The Morgan fingerprint density at radius 3 is 2.33 bits per heavy atom. The minimum atomic E-state index is -0.198. The van der Waals surface area contributed by atoms with E-state index in [1.807, 2.05) is 44.4 Å². The van der Waals surface area contributed by atoms with Crippen LogP contribution in [0, 0.1) is 5.92 Å². The van der Waals surface area contributed by atoms with E-state index in [9.17, 15) is 4.79 Å². The lowest BCUT2D eigenvalue weighted by molar-refractivity contribution is -0.158. The van der Waals surface area contributed by atoms with Gasteiger partial charge < -0.3 is 9.64 Å². The van der Waals surface area contributed by atoms with Crippen LogP contribution in [0.1, 0.15) is 50.7 Å². The zero-order valence-corrected chi connectivity index (χ0v) is 13.4. The normalized spacial score (nSPS) is 19.2. The molecule has 1 fully saturated rings. The lowest BCUT2D eigenvalue weighted by Gasteiger charge is -2.31. The molecule has 0 unspecified atom stereocenters. The molecule has 0 heterocycles. The number of likely N-dealkylation sites (N-methyl/N-ethyl adjacent to an activating group) is 1. The maximum absolute atomic E-state index is 12.5. The highest BCUT2D eigenvalue weighted by molar-refractivity contribution is 5.72. The molecule has 2 rings (SSSR count). The molecule has 1 aromatic carbocycles. The number of carbonyl (C=O) groups excluding carboxylic acids is 1. The molecule has 1 aromatic rings. The van der Waals surface area contributed by atoms with Crippen LogP contribution in [0.15, 0.2) is 30.3 Å². The van der Waals surface area contributed by atoms with Gasteiger partial charge in [0.05, 0.1) is 5.92 Å². The van der Waals surface area contributed by atoms with Crippen molar-refractivity contribution in [3.8, 4) is 0 Å². The fourth-order valence-electron chi connectivity index (χ4n) is 2.92. The highest BCUT2D eigenvalue weighted by Gasteiger charge is 2.29. The van der Waals surface area contributed by atoms with E-state index in [1.54, 1.807) is 0 Å². The van der Waals surface area contributed by atoms with Gasteiger partial charge >= 0.3 is 5.97 Å². The van der Waals surface area contributed by atoms with Crippen LogP contribution in [-0.4, -0.2) is 31.0 Å². The average molecular weight is 289 g/mol. The van der Waals surface area contributed by atoms with Crippen LogP contribution < -0.4 is 0 Å². The Morgan fingerprint density at radius 2 is 1.76 bits per heavy atom. The number of hydrogen-bond acceptors (Lipinski definition) is 3. The monoisotopic (exact) mass is 289 g/mol. The van der Waals surface area contributed by atoms with E-state index in [4.69, 9.17) is 4.74 Å². The number of rotatable bonds is 5. The smallest absolute Gasteiger partial charge is 0.309 e. The molecule has 0 aromatic heterocycles. The average Bonchev–Trinajstić information content (AvgIpc) is 2.53. The van der Waals surface area contributed by atoms with Gasteiger partial charge in [0.25, 0.3) is 0 Å². The van der Waals surface area contributed by atoms with Crippen LogP contribution in [0.4, 0.5) is 0 Å². The predicted octanol–water partition coefficient (Wildman–Crippen LogP) is 3.80. The number of benzene rings is 1. The zero-order valence-electron chi connectivity index (χ0n) is 13.4. The third-order valence-electron chi connectivity index (χ3n) is 4.56. The SMILES string of the molecule is C[C@H]([C@@H](OC(=O)C1CCCCC1)c1ccccc1)N(C)C. The first-order valence-electron chi connectivity index (χ1n) is 8.01. The van der Waals surface area contributed by atoms with Crippen LogP contribution in [0.2, 0.25) is 0 Å². The summed E-state index contributed by atoms with van der Waals surface area (Å²) < 4.78 is 5.92. The molecule has 21 heavy (non-hydrogen) atoms. The van der Waals surface area contributed by atoms with Crippen molar-refractivity contribution in [1.82, 2.24) is 4.90 Å². The van der Waals surface area contributed by atoms with Crippen molar-refractivity contribution in [2.45, 2.75) is 51.2 Å². The van der Waals surface area contributed by atoms with E-state index >= 15 is 0 Å². The highest BCUT2D eigenvalue weighted by atomic mass is 16.5. The number of hydrogen-bond donors (Lipinski definition) is 0. The molecule has 0 N–H and O–H groups in total. The van der Waals surface area contributed by atoms with Gasteiger partial charge in [-0.15, -0.1) is 0 Å². The number of ether oxygens (including phenoxy) is 1. The summed E-state index contributed by atoms with van der Waals surface area (Å²) in [5.74, 6) is 0.0802. The quantitative estimate of drug-likeness (QED) is 0.772. The second-order valence-electron chi connectivity index (χ2n) is 6.31. The van der Waals surface area contributed by atoms with Crippen LogP contribution in [0.5, 0.6) is 0 Å². The summed E-state index contributed by atoms with van der Waals surface area (Å²) in [5.41, 5.74) is 1.07. The Morgan fingerprint density at radius 1 is 1.14 bits per heavy atom. The maximum atomic E-state index is 12.5. The molecule has 0 saturated heterocycles. The zero-order chi connectivity index (χ0) is 15.2. The van der Waals surface area contributed by atoms with E-state index in [0.29, 0.717) is 0 Å². The van der Waals surface area contributed by atoms with Gasteiger partial charge in [-0.25, -0.2) is 0 Å². The minimum Gasteiger partial charge on any atom is -0.456 e. The van der Waals surface area contributed by atoms with Crippen molar-refractivity contribution in [2.75, 3.05) is 14.1 Å². The fourth-order valence-corrected chi connectivity index (χ4v) is 2.92. The Hall–Kier alpha value is -1.35. The van der Waals surface area contributed by atoms with Gasteiger partial charge in [-0.2, -0.15) is 0 Å². The molecule has 3 heteroatoms. The second-order valence-corrected chi connectivity index (χ2v) is 6.31. The maximum Gasteiger partial charge on any atom is 0.309 e. The summed E-state index contributed by atoms with van der Waals surface area (Å²) in [7, 11) is 4.05. The highest BCUT2D eigenvalue weighted by Crippen LogP contribution is 2.29. The molecule has 0 bridgehead atoms. The molecule has 3 nitrogen and oxygen atoms in total. The second kappa shape index (κ2) is 7.60. The Balaban J connectivity index is 2.10. The topological polar surface area (TPSA) is 29.5 Å². The Bertz CT molecular complexity index is 438. The predicted molar refractivity (Wildman–Crippen MR) is 85.0 cm³/mol. The molecular formula is C18H27NO2. The minimum absolute atomic E-state index is 0.0164. The lowest BCUT2D eigenvalue weighted by atomic mass is 9.89. The van der Waals surface area contributed by atoms with Gasteiger partial charge in [-0.1, -0.05) is 49.6 Å². The van der Waals surface area contributed by atoms with E-state index in [1.165, 1.54) is 6.42 Å². The molecule has 0 amide bonds. The molecule has 1 aliphatic rings. The Labute approximate surface area is 128 Å². The van der Waals surface area contributed by atoms with Crippen molar-refractivity contribution in [3.63, 3.8) is 0 Å². The summed E-state index contributed by atoms with van der Waals surface area (Å²) in [6.07, 6.45) is 5.32. The third-order valence-corrected chi connectivity index (χ3v) is 4.56. The van der Waals surface area contributed by atoms with Gasteiger partial charge in [0, 0.05) is 6.04 Å². The third kappa shape index (κ3) is 4.31. The lowest BCUT2D eigenvalue weighted by Crippen LogP contribution is -2.35. The van der Waals surface area contributed by atoms with Crippen LogP contribution >= 0.6 is 0 Å². The van der Waals surface area contributed by atoms with Gasteiger partial charge in [0.1, 0.15) is 6.10 Å². The van der Waals surface area contributed by atoms with E-state index in [-0.39, 0.29) is 24.0 Å². The summed E-state index contributed by atoms with van der Waals surface area (Å²) in [4.78, 5) is 14.6. The largest absolute Gasteiger partial charge is 0.456 e. The standard InChI is InChI=1S/C18H27NO2/c1-14(19(2)3)17(15-10-6-4-7-11-15)21-18(20)16-12-8-5-9-13-16/h4,6-7,10-11,14,16-17H,5,8-9,12-13H2,1-3H3/t14-,17-/m1/s1. The van der Waals surface area contributed by atoms with Crippen molar-refractivity contribution >= 4 is 5.97 Å². The molecule has 0 spiro atoms. The van der Waals surface area contributed by atoms with E-state index in [0.717, 1.165) is 31.2 Å². The van der Waals surface area contributed by atoms with E-state index in [2.05, 4.69) is 11.8 Å². The Kier molecular flexibility index (Phi) is 5.80. The van der Waals surface area contributed by atoms with Crippen molar-refractivity contribution in [3.05, 3.63) is 35.9 Å². The molecule has 0 aliphatic heterocycles. The molecule has 1 aliphatic carbocycles. The molecule has 1 saturated carbocycles. The van der Waals surface area contributed by atoms with Gasteiger partial charge in [-0.3, -0.25) is 4.79 Å². The summed E-state index contributed by atoms with van der Waals surface area (Å²) in [5, 5.41) is 0. The summed E-state index contributed by atoms with van der Waals surface area (Å²) >= 11 is 0. The van der Waals surface area contributed by atoms with Crippen LogP contribution in [0.25, 0.3) is 0 Å². The van der Waals surface area contributed by atoms with Crippen LogP contribution in [-0.2, 0) is 9.53 Å². The van der Waals surface area contributed by atoms with Gasteiger partial charge in [-0.05, 0) is 39.4 Å². The summed E-state index contributed by atoms with van der Waals surface area (Å²) in [6, 6.07) is 10.2. The first-order valence-corrected chi connectivity index (χ1v) is 8.01. The molecule has 0 radical (unpaired) electrons.